The van der Waals surface area contributed by atoms with Gasteiger partial charge in [0.2, 0.25) is 0 Å². The van der Waals surface area contributed by atoms with Crippen molar-refractivity contribution in [3.05, 3.63) is 24.0 Å². The van der Waals surface area contributed by atoms with Gasteiger partial charge in [-0.15, -0.1) is 0 Å². The summed E-state index contributed by atoms with van der Waals surface area (Å²) >= 11 is 0. The number of unbranched alkanes of at least 4 members (excludes halogenated alkanes) is 3. The van der Waals surface area contributed by atoms with Gasteiger partial charge in [-0.2, -0.15) is 0 Å². The van der Waals surface area contributed by atoms with Crippen LogP contribution in [0.1, 0.15) is 56.4 Å². The molecule has 20 heavy (non-hydrogen) atoms. The minimum atomic E-state index is -0.956. The van der Waals surface area contributed by atoms with Crippen LogP contribution >= 0.6 is 0 Å². The summed E-state index contributed by atoms with van der Waals surface area (Å²) in [6, 6.07) is 3.43. The molecule has 0 aliphatic heterocycles. The van der Waals surface area contributed by atoms with Crippen molar-refractivity contribution >= 4 is 11.9 Å². The highest BCUT2D eigenvalue weighted by molar-refractivity contribution is 5.93. The van der Waals surface area contributed by atoms with Crippen LogP contribution in [0.2, 0.25) is 0 Å². The largest absolute Gasteiger partial charge is 0.480 e. The number of nitrogens with one attached hydrogen (secondary N) is 1. The molecule has 5 heteroatoms. The van der Waals surface area contributed by atoms with Crippen molar-refractivity contribution in [1.82, 2.24) is 9.88 Å². The van der Waals surface area contributed by atoms with Crippen molar-refractivity contribution in [3.8, 4) is 0 Å². The molecule has 0 saturated heterocycles. The normalized spacial score (nSPS) is 12.1. The van der Waals surface area contributed by atoms with Crippen LogP contribution in [0.4, 0.5) is 0 Å². The van der Waals surface area contributed by atoms with E-state index in [2.05, 4.69) is 12.2 Å². The Hall–Kier alpha value is -1.78. The number of carboxylic acid groups (broad SMARTS) is 1. The quantitative estimate of drug-likeness (QED) is 0.683. The minimum Gasteiger partial charge on any atom is -0.480 e. The standard InChI is InChI=1S/C15H24N2O3/c1-3-4-5-6-8-12(2)16-15(20)13-9-7-10-17(13)11-14(18)19/h7,9-10,12H,3-6,8,11H2,1-2H3,(H,16,20)(H,18,19). The summed E-state index contributed by atoms with van der Waals surface area (Å²) < 4.78 is 1.45. The third kappa shape index (κ3) is 5.47. The molecule has 0 aliphatic rings. The Bertz CT molecular complexity index is 440. The molecule has 0 spiro atoms. The van der Waals surface area contributed by atoms with Gasteiger partial charge in [-0.1, -0.05) is 32.6 Å². The first-order valence-electron chi connectivity index (χ1n) is 7.22. The van der Waals surface area contributed by atoms with Crippen LogP contribution in [0.3, 0.4) is 0 Å². The number of carboxylic acids is 1. The molecule has 0 fully saturated rings. The number of hydrogen-bond acceptors (Lipinski definition) is 2. The molecule has 0 saturated carbocycles. The van der Waals surface area contributed by atoms with Gasteiger partial charge in [0.05, 0.1) is 0 Å². The van der Waals surface area contributed by atoms with Crippen molar-refractivity contribution < 1.29 is 14.7 Å². The molecule has 1 amide bonds. The van der Waals surface area contributed by atoms with Crippen LogP contribution in [0.25, 0.3) is 0 Å². The number of carbonyl (C=O) groups is 2. The summed E-state index contributed by atoms with van der Waals surface area (Å²) in [6.45, 7) is 3.96. The Morgan fingerprint density at radius 2 is 2.10 bits per heavy atom. The van der Waals surface area contributed by atoms with E-state index in [-0.39, 0.29) is 18.5 Å². The van der Waals surface area contributed by atoms with E-state index in [0.717, 1.165) is 12.8 Å². The smallest absolute Gasteiger partial charge is 0.323 e. The van der Waals surface area contributed by atoms with Crippen molar-refractivity contribution in [2.45, 2.75) is 58.5 Å². The van der Waals surface area contributed by atoms with Crippen LogP contribution < -0.4 is 5.32 Å². The number of hydrogen-bond donors (Lipinski definition) is 2. The van der Waals surface area contributed by atoms with Crippen molar-refractivity contribution in [3.63, 3.8) is 0 Å². The number of rotatable bonds is 9. The van der Waals surface area contributed by atoms with Crippen LogP contribution in [0, 0.1) is 0 Å². The summed E-state index contributed by atoms with van der Waals surface area (Å²) in [4.78, 5) is 22.8. The first-order chi connectivity index (χ1) is 9.54. The Morgan fingerprint density at radius 3 is 2.75 bits per heavy atom. The summed E-state index contributed by atoms with van der Waals surface area (Å²) in [6.07, 6.45) is 7.27. The molecular weight excluding hydrogens is 256 g/mol. The monoisotopic (exact) mass is 280 g/mol. The van der Waals surface area contributed by atoms with E-state index in [9.17, 15) is 9.59 Å². The van der Waals surface area contributed by atoms with E-state index < -0.39 is 5.97 Å². The van der Waals surface area contributed by atoms with E-state index in [0.29, 0.717) is 5.69 Å². The zero-order valence-corrected chi connectivity index (χ0v) is 12.3. The highest BCUT2D eigenvalue weighted by atomic mass is 16.4. The van der Waals surface area contributed by atoms with E-state index in [1.54, 1.807) is 18.3 Å². The zero-order chi connectivity index (χ0) is 15.0. The second-order valence-corrected chi connectivity index (χ2v) is 5.14. The van der Waals surface area contributed by atoms with Crippen LogP contribution in [0.15, 0.2) is 18.3 Å². The number of nitrogens with zero attached hydrogens (tertiary/aromatic N) is 1. The fraction of sp³-hybridized carbons (Fsp3) is 0.600. The van der Waals surface area contributed by atoms with Gasteiger partial charge >= 0.3 is 5.97 Å². The van der Waals surface area contributed by atoms with Crippen LogP contribution in [0.5, 0.6) is 0 Å². The third-order valence-electron chi connectivity index (χ3n) is 3.24. The molecule has 1 heterocycles. The molecule has 1 atom stereocenters. The second kappa shape index (κ2) is 8.40. The predicted octanol–water partition coefficient (Wildman–Crippen LogP) is 2.66. The Balaban J connectivity index is 2.45. The highest BCUT2D eigenvalue weighted by Crippen LogP contribution is 2.07. The molecule has 0 radical (unpaired) electrons. The average molecular weight is 280 g/mol. The summed E-state index contributed by atoms with van der Waals surface area (Å²) in [5.74, 6) is -1.16. The van der Waals surface area contributed by atoms with Crippen molar-refractivity contribution in [1.29, 1.82) is 0 Å². The maximum atomic E-state index is 12.1. The molecule has 0 bridgehead atoms. The topological polar surface area (TPSA) is 71.3 Å². The highest BCUT2D eigenvalue weighted by Gasteiger charge is 2.14. The molecule has 1 aromatic rings. The summed E-state index contributed by atoms with van der Waals surface area (Å²) in [5.41, 5.74) is 0.396. The molecule has 1 rings (SSSR count). The molecular formula is C15H24N2O3. The molecule has 0 aliphatic carbocycles. The van der Waals surface area contributed by atoms with Gasteiger partial charge in [-0.25, -0.2) is 0 Å². The average Bonchev–Trinajstić information content (AvgIpc) is 2.82. The minimum absolute atomic E-state index is 0.104. The predicted molar refractivity (Wildman–Crippen MR) is 77.8 cm³/mol. The fourth-order valence-electron chi connectivity index (χ4n) is 2.15. The maximum absolute atomic E-state index is 12.1. The van der Waals surface area contributed by atoms with Gasteiger partial charge in [0, 0.05) is 12.2 Å². The van der Waals surface area contributed by atoms with Crippen molar-refractivity contribution in [2.24, 2.45) is 0 Å². The first kappa shape index (κ1) is 16.3. The molecule has 1 unspecified atom stereocenters. The Morgan fingerprint density at radius 1 is 1.35 bits per heavy atom. The zero-order valence-electron chi connectivity index (χ0n) is 12.3. The maximum Gasteiger partial charge on any atom is 0.323 e. The van der Waals surface area contributed by atoms with Crippen LogP contribution in [-0.2, 0) is 11.3 Å². The van der Waals surface area contributed by atoms with Gasteiger partial charge in [0.1, 0.15) is 12.2 Å². The number of aromatic nitrogens is 1. The molecule has 5 nitrogen and oxygen atoms in total. The molecule has 0 aromatic carbocycles. The number of carbonyl (C=O) groups excluding carboxylic acids is 1. The Kier molecular flexibility index (Phi) is 6.84. The molecule has 1 aromatic heterocycles. The van der Waals surface area contributed by atoms with E-state index in [1.807, 2.05) is 6.92 Å². The summed E-state index contributed by atoms with van der Waals surface area (Å²) in [7, 11) is 0. The van der Waals surface area contributed by atoms with Gasteiger partial charge in [0.15, 0.2) is 0 Å². The van der Waals surface area contributed by atoms with Gasteiger partial charge in [-0.05, 0) is 25.5 Å². The Labute approximate surface area is 120 Å². The number of amides is 1. The van der Waals surface area contributed by atoms with E-state index >= 15 is 0 Å². The lowest BCUT2D eigenvalue weighted by atomic mass is 10.1. The van der Waals surface area contributed by atoms with Gasteiger partial charge in [0.25, 0.3) is 5.91 Å². The number of aliphatic carboxylic acids is 1. The third-order valence-corrected chi connectivity index (χ3v) is 3.24. The van der Waals surface area contributed by atoms with Gasteiger partial charge in [-0.3, -0.25) is 9.59 Å². The first-order valence-corrected chi connectivity index (χ1v) is 7.22. The van der Waals surface area contributed by atoms with Crippen LogP contribution in [-0.4, -0.2) is 27.6 Å². The van der Waals surface area contributed by atoms with E-state index in [4.69, 9.17) is 5.11 Å². The lowest BCUT2D eigenvalue weighted by molar-refractivity contribution is -0.137. The lowest BCUT2D eigenvalue weighted by Crippen LogP contribution is -2.34. The van der Waals surface area contributed by atoms with Crippen molar-refractivity contribution in [2.75, 3.05) is 0 Å². The lowest BCUT2D eigenvalue weighted by Gasteiger charge is -2.14. The molecule has 112 valence electrons. The van der Waals surface area contributed by atoms with E-state index in [1.165, 1.54) is 23.8 Å². The summed E-state index contributed by atoms with van der Waals surface area (Å²) in [5, 5.41) is 11.7. The van der Waals surface area contributed by atoms with Gasteiger partial charge < -0.3 is 15.0 Å². The molecule has 2 N–H and O–H groups in total. The second-order valence-electron chi connectivity index (χ2n) is 5.14. The fourth-order valence-corrected chi connectivity index (χ4v) is 2.15. The SMILES string of the molecule is CCCCCCC(C)NC(=O)c1cccn1CC(=O)O.